The van der Waals surface area contributed by atoms with Crippen molar-refractivity contribution in [2.45, 2.75) is 0 Å². The average Bonchev–Trinajstić information content (AvgIpc) is 2.58. The van der Waals surface area contributed by atoms with Crippen LogP contribution in [-0.2, 0) is 0 Å². The van der Waals surface area contributed by atoms with E-state index in [-0.39, 0.29) is 6.03 Å². The Kier molecular flexibility index (Phi) is 4.76. The molecule has 0 atom stereocenters. The van der Waals surface area contributed by atoms with E-state index < -0.39 is 0 Å². The lowest BCUT2D eigenvalue weighted by Crippen LogP contribution is -2.37. The topological polar surface area (TPSA) is 70.2 Å². The Labute approximate surface area is 100 Å². The van der Waals surface area contributed by atoms with Crippen molar-refractivity contribution in [1.29, 1.82) is 0 Å². The molecule has 84 valence electrons. The van der Waals surface area contributed by atoms with Gasteiger partial charge in [-0.15, -0.1) is 10.2 Å². The number of nitrogens with zero attached hydrogens (tertiary/aromatic N) is 3. The van der Waals surface area contributed by atoms with E-state index in [1.165, 1.54) is 16.2 Å². The van der Waals surface area contributed by atoms with Crippen LogP contribution in [0.25, 0.3) is 0 Å². The van der Waals surface area contributed by atoms with Crippen LogP contribution in [0, 0.1) is 0 Å². The summed E-state index contributed by atoms with van der Waals surface area (Å²) < 4.78 is 0.738. The van der Waals surface area contributed by atoms with E-state index >= 15 is 0 Å². The molecular weight excluding hydrogens is 282 g/mol. The van der Waals surface area contributed by atoms with Gasteiger partial charge in [-0.05, 0) is 15.9 Å². The maximum atomic E-state index is 11.1. The van der Waals surface area contributed by atoms with E-state index in [4.69, 9.17) is 0 Å². The number of urea groups is 1. The highest BCUT2D eigenvalue weighted by Crippen LogP contribution is 2.19. The standard InChI is InChI=1S/C7H12BrN5OS/c1-13(2)7(14)10-4-3-9-6-12-11-5(8)15-6/h3-4H2,1-2H3,(H,9,12)(H,10,14). The summed E-state index contributed by atoms with van der Waals surface area (Å²) in [5.41, 5.74) is 0. The van der Waals surface area contributed by atoms with Gasteiger partial charge in [0, 0.05) is 27.2 Å². The number of hydrogen-bond acceptors (Lipinski definition) is 5. The summed E-state index contributed by atoms with van der Waals surface area (Å²) in [5.74, 6) is 0. The molecule has 0 aromatic carbocycles. The maximum absolute atomic E-state index is 11.1. The van der Waals surface area contributed by atoms with Crippen molar-refractivity contribution < 1.29 is 4.79 Å². The second kappa shape index (κ2) is 5.86. The number of anilines is 1. The van der Waals surface area contributed by atoms with Gasteiger partial charge >= 0.3 is 6.03 Å². The molecule has 0 spiro atoms. The van der Waals surface area contributed by atoms with Gasteiger partial charge in [0.2, 0.25) is 5.13 Å². The highest BCUT2D eigenvalue weighted by molar-refractivity contribution is 9.11. The Morgan fingerprint density at radius 3 is 2.73 bits per heavy atom. The third-order valence-corrected chi connectivity index (χ3v) is 2.80. The fourth-order valence-electron chi connectivity index (χ4n) is 0.774. The minimum absolute atomic E-state index is 0.102. The van der Waals surface area contributed by atoms with E-state index in [1.54, 1.807) is 14.1 Å². The fourth-order valence-corrected chi connectivity index (χ4v) is 1.81. The summed E-state index contributed by atoms with van der Waals surface area (Å²) in [5, 5.41) is 14.1. The molecule has 0 aliphatic heterocycles. The summed E-state index contributed by atoms with van der Waals surface area (Å²) in [7, 11) is 3.40. The van der Waals surface area contributed by atoms with Crippen molar-refractivity contribution in [1.82, 2.24) is 20.4 Å². The zero-order valence-corrected chi connectivity index (χ0v) is 10.9. The third kappa shape index (κ3) is 4.43. The van der Waals surface area contributed by atoms with Crippen LogP contribution in [-0.4, -0.2) is 48.3 Å². The minimum Gasteiger partial charge on any atom is -0.358 e. The molecule has 0 radical (unpaired) electrons. The van der Waals surface area contributed by atoms with Crippen LogP contribution in [0.15, 0.2) is 3.92 Å². The molecule has 15 heavy (non-hydrogen) atoms. The Hall–Kier alpha value is -0.890. The number of amides is 2. The maximum Gasteiger partial charge on any atom is 0.316 e. The average molecular weight is 294 g/mol. The second-order valence-electron chi connectivity index (χ2n) is 2.91. The Balaban J connectivity index is 2.15. The molecule has 6 nitrogen and oxygen atoms in total. The van der Waals surface area contributed by atoms with Gasteiger partial charge in [-0.3, -0.25) is 0 Å². The zero-order chi connectivity index (χ0) is 11.3. The Morgan fingerprint density at radius 1 is 1.47 bits per heavy atom. The van der Waals surface area contributed by atoms with Crippen molar-refractivity contribution in [3.05, 3.63) is 3.92 Å². The fraction of sp³-hybridized carbons (Fsp3) is 0.571. The van der Waals surface area contributed by atoms with Crippen molar-refractivity contribution in [3.63, 3.8) is 0 Å². The molecule has 1 aromatic rings. The molecule has 0 saturated heterocycles. The largest absolute Gasteiger partial charge is 0.358 e. The summed E-state index contributed by atoms with van der Waals surface area (Å²) in [6, 6.07) is -0.102. The highest BCUT2D eigenvalue weighted by Gasteiger charge is 2.02. The molecular formula is C7H12BrN5OS. The van der Waals surface area contributed by atoms with Crippen molar-refractivity contribution in [3.8, 4) is 0 Å². The first-order valence-corrected chi connectivity index (χ1v) is 5.88. The number of hydrogen-bond donors (Lipinski definition) is 2. The number of carbonyl (C=O) groups is 1. The molecule has 1 heterocycles. The molecule has 2 amide bonds. The van der Waals surface area contributed by atoms with Gasteiger partial charge in [0.05, 0.1) is 0 Å². The van der Waals surface area contributed by atoms with Crippen LogP contribution in [0.2, 0.25) is 0 Å². The van der Waals surface area contributed by atoms with Crippen molar-refractivity contribution >= 4 is 38.4 Å². The summed E-state index contributed by atoms with van der Waals surface area (Å²) >= 11 is 4.62. The normalized spacial score (nSPS) is 9.80. The first-order valence-electron chi connectivity index (χ1n) is 4.27. The summed E-state index contributed by atoms with van der Waals surface area (Å²) in [6.45, 7) is 1.18. The quantitative estimate of drug-likeness (QED) is 0.812. The predicted octanol–water partition coefficient (Wildman–Crippen LogP) is 0.984. The van der Waals surface area contributed by atoms with Gasteiger partial charge in [-0.1, -0.05) is 11.3 Å². The number of carbonyl (C=O) groups excluding carboxylic acids is 1. The minimum atomic E-state index is -0.102. The van der Waals surface area contributed by atoms with Gasteiger partial charge in [-0.2, -0.15) is 0 Å². The lowest BCUT2D eigenvalue weighted by molar-refractivity contribution is 0.218. The van der Waals surface area contributed by atoms with Crippen LogP contribution in [0.1, 0.15) is 0 Å². The molecule has 8 heteroatoms. The van der Waals surface area contributed by atoms with Gasteiger partial charge in [-0.25, -0.2) is 4.79 Å². The molecule has 2 N–H and O–H groups in total. The van der Waals surface area contributed by atoms with Gasteiger partial charge < -0.3 is 15.5 Å². The molecule has 0 bridgehead atoms. The second-order valence-corrected chi connectivity index (χ2v) is 5.17. The SMILES string of the molecule is CN(C)C(=O)NCCNc1nnc(Br)s1. The van der Waals surface area contributed by atoms with Crippen LogP contribution in [0.4, 0.5) is 9.93 Å². The van der Waals surface area contributed by atoms with E-state index in [0.717, 1.165) is 9.05 Å². The number of nitrogens with one attached hydrogen (secondary N) is 2. The van der Waals surface area contributed by atoms with Crippen LogP contribution in [0.5, 0.6) is 0 Å². The smallest absolute Gasteiger partial charge is 0.316 e. The van der Waals surface area contributed by atoms with Crippen LogP contribution >= 0.6 is 27.3 Å². The van der Waals surface area contributed by atoms with E-state index in [1.807, 2.05) is 0 Å². The lowest BCUT2D eigenvalue weighted by atomic mass is 10.6. The van der Waals surface area contributed by atoms with E-state index in [0.29, 0.717) is 13.1 Å². The van der Waals surface area contributed by atoms with Crippen molar-refractivity contribution in [2.24, 2.45) is 0 Å². The lowest BCUT2D eigenvalue weighted by Gasteiger charge is -2.11. The predicted molar refractivity (Wildman–Crippen MR) is 63.2 cm³/mol. The van der Waals surface area contributed by atoms with E-state index in [2.05, 4.69) is 36.8 Å². The molecule has 0 unspecified atom stereocenters. The number of halogens is 1. The molecule has 0 saturated carbocycles. The first kappa shape index (κ1) is 12.2. The highest BCUT2D eigenvalue weighted by atomic mass is 79.9. The number of aromatic nitrogens is 2. The molecule has 0 fully saturated rings. The van der Waals surface area contributed by atoms with Gasteiger partial charge in [0.15, 0.2) is 3.92 Å². The first-order chi connectivity index (χ1) is 7.09. The summed E-state index contributed by atoms with van der Waals surface area (Å²) in [6.07, 6.45) is 0. The summed E-state index contributed by atoms with van der Waals surface area (Å²) in [4.78, 5) is 12.6. The van der Waals surface area contributed by atoms with Gasteiger partial charge in [0.25, 0.3) is 0 Å². The third-order valence-electron chi connectivity index (χ3n) is 1.48. The number of rotatable bonds is 4. The van der Waals surface area contributed by atoms with Crippen LogP contribution in [0.3, 0.4) is 0 Å². The van der Waals surface area contributed by atoms with Crippen LogP contribution < -0.4 is 10.6 Å². The molecule has 0 aliphatic carbocycles. The molecule has 1 rings (SSSR count). The zero-order valence-electron chi connectivity index (χ0n) is 8.45. The van der Waals surface area contributed by atoms with Crippen molar-refractivity contribution in [2.75, 3.05) is 32.5 Å². The molecule has 0 aliphatic rings. The van der Waals surface area contributed by atoms with Gasteiger partial charge in [0.1, 0.15) is 0 Å². The molecule has 1 aromatic heterocycles. The Bertz CT molecular complexity index is 329. The Morgan fingerprint density at radius 2 is 2.20 bits per heavy atom. The monoisotopic (exact) mass is 293 g/mol. The van der Waals surface area contributed by atoms with E-state index in [9.17, 15) is 4.79 Å².